The molecule has 5 nitrogen and oxygen atoms in total. The van der Waals surface area contributed by atoms with Crippen molar-refractivity contribution in [2.24, 2.45) is 10.9 Å². The van der Waals surface area contributed by atoms with Gasteiger partial charge in [-0.2, -0.15) is 0 Å². The van der Waals surface area contributed by atoms with Gasteiger partial charge in [0.15, 0.2) is 0 Å². The Labute approximate surface area is 176 Å². The zero-order valence-corrected chi connectivity index (χ0v) is 17.6. The minimum Gasteiger partial charge on any atom is -0.465 e. The quantitative estimate of drug-likeness (QED) is 0.711. The topological polar surface area (TPSA) is 59.0 Å². The van der Waals surface area contributed by atoms with Gasteiger partial charge < -0.3 is 9.64 Å². The molecular formula is C25H26N2O3. The summed E-state index contributed by atoms with van der Waals surface area (Å²) in [6.07, 6.45) is 4.38. The number of esters is 1. The van der Waals surface area contributed by atoms with Crippen molar-refractivity contribution >= 4 is 23.8 Å². The minimum atomic E-state index is -0.302. The summed E-state index contributed by atoms with van der Waals surface area (Å²) in [5.41, 5.74) is 5.84. The second-order valence-electron chi connectivity index (χ2n) is 8.95. The molecule has 5 heteroatoms. The van der Waals surface area contributed by atoms with Crippen molar-refractivity contribution in [3.63, 3.8) is 0 Å². The fraction of sp³-hybridized carbons (Fsp3) is 0.400. The lowest BCUT2D eigenvalue weighted by Gasteiger charge is -2.54. The van der Waals surface area contributed by atoms with Crippen LogP contribution in [0.1, 0.15) is 57.7 Å². The molecule has 2 aliphatic heterocycles. The molecular weight excluding hydrogens is 376 g/mol. The van der Waals surface area contributed by atoms with E-state index < -0.39 is 0 Å². The van der Waals surface area contributed by atoms with Crippen LogP contribution in [0.15, 0.2) is 41.4 Å². The zero-order valence-electron chi connectivity index (χ0n) is 17.6. The number of likely N-dealkylation sites (tertiary alicyclic amines) is 1. The van der Waals surface area contributed by atoms with Crippen molar-refractivity contribution in [1.29, 1.82) is 0 Å². The number of piperidine rings is 1. The zero-order chi connectivity index (χ0) is 21.0. The molecule has 5 rings (SSSR count). The number of methoxy groups -OCH3 is 1. The Hall–Kier alpha value is -2.95. The molecule has 2 aromatic carbocycles. The SMILES string of the molecule is COC(=O)c1ccc2c(c1)[C@]1(C)CCN(C(=O)c3ccc4c(c3)CC=N4)[C@H](C2)[C@H]1C. The number of amides is 1. The van der Waals surface area contributed by atoms with E-state index >= 15 is 0 Å². The van der Waals surface area contributed by atoms with Crippen LogP contribution in [0.3, 0.4) is 0 Å². The first-order valence-electron chi connectivity index (χ1n) is 10.6. The van der Waals surface area contributed by atoms with Crippen molar-refractivity contribution in [3.8, 4) is 0 Å². The second kappa shape index (κ2) is 6.79. The van der Waals surface area contributed by atoms with Crippen molar-refractivity contribution in [2.75, 3.05) is 13.7 Å². The van der Waals surface area contributed by atoms with Crippen LogP contribution in [0.4, 0.5) is 5.69 Å². The van der Waals surface area contributed by atoms with E-state index in [-0.39, 0.29) is 23.3 Å². The number of fused-ring (bicyclic) bond motifs is 5. The highest BCUT2D eigenvalue weighted by atomic mass is 16.5. The van der Waals surface area contributed by atoms with E-state index in [4.69, 9.17) is 4.74 Å². The fourth-order valence-corrected chi connectivity index (χ4v) is 5.53. The second-order valence-corrected chi connectivity index (χ2v) is 8.95. The lowest BCUT2D eigenvalue weighted by Crippen LogP contribution is -2.59. The summed E-state index contributed by atoms with van der Waals surface area (Å²) in [5, 5.41) is 0. The summed E-state index contributed by atoms with van der Waals surface area (Å²) in [5.74, 6) is 0.107. The van der Waals surface area contributed by atoms with E-state index in [2.05, 4.69) is 23.7 Å². The molecule has 0 radical (unpaired) electrons. The lowest BCUT2D eigenvalue weighted by atomic mass is 9.58. The van der Waals surface area contributed by atoms with E-state index in [1.165, 1.54) is 18.2 Å². The summed E-state index contributed by atoms with van der Waals surface area (Å²) >= 11 is 0. The standard InChI is InChI=1S/C25H26N2O3/c1-15-22-14-16-4-5-19(24(29)30-3)13-20(16)25(15,2)9-11-27(22)23(28)18-6-7-21-17(12-18)8-10-26-21/h4-7,10,12-13,15,22H,8-9,11,14H2,1-3H3/t15-,22-,25-/m1/s1. The summed E-state index contributed by atoms with van der Waals surface area (Å²) in [4.78, 5) is 31.9. The molecule has 1 aliphatic carbocycles. The third-order valence-corrected chi connectivity index (χ3v) is 7.56. The van der Waals surface area contributed by atoms with Gasteiger partial charge in [0.1, 0.15) is 0 Å². The molecule has 0 N–H and O–H groups in total. The predicted octanol–water partition coefficient (Wildman–Crippen LogP) is 4.10. The number of hydrogen-bond donors (Lipinski definition) is 0. The number of nitrogens with zero attached hydrogens (tertiary/aromatic N) is 2. The van der Waals surface area contributed by atoms with Crippen molar-refractivity contribution in [1.82, 2.24) is 4.90 Å². The summed E-state index contributed by atoms with van der Waals surface area (Å²) in [7, 11) is 1.41. The molecule has 3 aliphatic rings. The third kappa shape index (κ3) is 2.72. The first-order chi connectivity index (χ1) is 14.4. The van der Waals surface area contributed by atoms with Gasteiger partial charge in [-0.25, -0.2) is 4.79 Å². The molecule has 1 saturated heterocycles. The van der Waals surface area contributed by atoms with Crippen LogP contribution in [0.2, 0.25) is 0 Å². The van der Waals surface area contributed by atoms with Gasteiger partial charge in [0, 0.05) is 30.8 Å². The molecule has 30 heavy (non-hydrogen) atoms. The monoisotopic (exact) mass is 402 g/mol. The molecule has 3 atom stereocenters. The van der Waals surface area contributed by atoms with Crippen LogP contribution in [0, 0.1) is 5.92 Å². The number of carbonyl (C=O) groups excluding carboxylic acids is 2. The molecule has 0 spiro atoms. The van der Waals surface area contributed by atoms with Crippen molar-refractivity contribution < 1.29 is 14.3 Å². The van der Waals surface area contributed by atoms with Crippen molar-refractivity contribution in [2.45, 2.75) is 44.6 Å². The highest BCUT2D eigenvalue weighted by Gasteiger charge is 2.49. The average Bonchev–Trinajstić information content (AvgIpc) is 3.23. The average molecular weight is 402 g/mol. The Morgan fingerprint density at radius 2 is 1.93 bits per heavy atom. The largest absolute Gasteiger partial charge is 0.465 e. The molecule has 0 unspecified atom stereocenters. The van der Waals surface area contributed by atoms with Gasteiger partial charge in [-0.05, 0) is 71.2 Å². The molecule has 2 heterocycles. The van der Waals surface area contributed by atoms with Crippen LogP contribution >= 0.6 is 0 Å². The molecule has 154 valence electrons. The highest BCUT2D eigenvalue weighted by molar-refractivity contribution is 5.96. The maximum atomic E-state index is 13.5. The maximum absolute atomic E-state index is 13.5. The van der Waals surface area contributed by atoms with E-state index in [9.17, 15) is 9.59 Å². The molecule has 2 aromatic rings. The van der Waals surface area contributed by atoms with Crippen LogP contribution in [0.25, 0.3) is 0 Å². The van der Waals surface area contributed by atoms with Gasteiger partial charge in [0.25, 0.3) is 5.91 Å². The first-order valence-corrected chi connectivity index (χ1v) is 10.6. The smallest absolute Gasteiger partial charge is 0.337 e. The summed E-state index contributed by atoms with van der Waals surface area (Å²) < 4.78 is 4.92. The van der Waals surface area contributed by atoms with Gasteiger partial charge >= 0.3 is 5.97 Å². The van der Waals surface area contributed by atoms with Crippen LogP contribution in [-0.4, -0.2) is 42.7 Å². The fourth-order valence-electron chi connectivity index (χ4n) is 5.53. The maximum Gasteiger partial charge on any atom is 0.337 e. The molecule has 0 aromatic heterocycles. The third-order valence-electron chi connectivity index (χ3n) is 7.56. The molecule has 1 fully saturated rings. The normalized spacial score (nSPS) is 26.2. The minimum absolute atomic E-state index is 0.0646. The number of ether oxygens (including phenoxy) is 1. The van der Waals surface area contributed by atoms with E-state index in [0.717, 1.165) is 42.6 Å². The Morgan fingerprint density at radius 3 is 2.73 bits per heavy atom. The lowest BCUT2D eigenvalue weighted by molar-refractivity contribution is 0.0250. The number of carbonyl (C=O) groups is 2. The Morgan fingerprint density at radius 1 is 1.13 bits per heavy atom. The molecule has 1 amide bonds. The number of rotatable bonds is 2. The first kappa shape index (κ1) is 19.0. The summed E-state index contributed by atoms with van der Waals surface area (Å²) in [6, 6.07) is 11.9. The Bertz CT molecular complexity index is 1090. The van der Waals surface area contributed by atoms with Gasteiger partial charge in [-0.15, -0.1) is 0 Å². The van der Waals surface area contributed by atoms with Crippen LogP contribution < -0.4 is 0 Å². The van der Waals surface area contributed by atoms with E-state index in [0.29, 0.717) is 11.5 Å². The van der Waals surface area contributed by atoms with Crippen LogP contribution in [-0.2, 0) is 23.0 Å². The van der Waals surface area contributed by atoms with Crippen molar-refractivity contribution in [3.05, 3.63) is 64.2 Å². The van der Waals surface area contributed by atoms with Gasteiger partial charge in [0.2, 0.25) is 0 Å². The molecule has 2 bridgehead atoms. The van der Waals surface area contributed by atoms with Gasteiger partial charge in [0.05, 0.1) is 18.4 Å². The number of aliphatic imine (C=N–C) groups is 1. The number of benzene rings is 2. The molecule has 0 saturated carbocycles. The van der Waals surface area contributed by atoms with Crippen LogP contribution in [0.5, 0.6) is 0 Å². The van der Waals surface area contributed by atoms with E-state index in [1.807, 2.05) is 42.6 Å². The Kier molecular flexibility index (Phi) is 4.31. The number of hydrogen-bond acceptors (Lipinski definition) is 4. The van der Waals surface area contributed by atoms with E-state index in [1.54, 1.807) is 0 Å². The Balaban J connectivity index is 1.48. The van der Waals surface area contributed by atoms with Gasteiger partial charge in [-0.1, -0.05) is 19.9 Å². The summed E-state index contributed by atoms with van der Waals surface area (Å²) in [6.45, 7) is 5.24. The van der Waals surface area contributed by atoms with Gasteiger partial charge in [-0.3, -0.25) is 9.79 Å². The highest BCUT2D eigenvalue weighted by Crippen LogP contribution is 2.49. The predicted molar refractivity (Wildman–Crippen MR) is 116 cm³/mol.